The second-order valence-electron chi connectivity index (χ2n) is 6.83. The molecule has 0 bridgehead atoms. The first-order valence-corrected chi connectivity index (χ1v) is 10.8. The van der Waals surface area contributed by atoms with Gasteiger partial charge in [0.05, 0.1) is 5.69 Å². The number of benzene rings is 2. The zero-order chi connectivity index (χ0) is 20.9. The molecule has 12 heteroatoms. The van der Waals surface area contributed by atoms with Crippen LogP contribution in [0, 0.1) is 7.14 Å². The molecule has 152 valence electrons. The molecule has 0 spiro atoms. The first-order chi connectivity index (χ1) is 13.7. The van der Waals surface area contributed by atoms with Crippen molar-refractivity contribution in [3.05, 3.63) is 48.1 Å². The molecule has 0 aromatic heterocycles. The predicted octanol–water partition coefficient (Wildman–Crippen LogP) is -6.12. The third kappa shape index (κ3) is 5.66. The van der Waals surface area contributed by atoms with Crippen LogP contribution in [0.1, 0.15) is 22.7 Å². The molecule has 1 unspecified atom stereocenters. The number of nitrogens with two attached hydrogens (primary N) is 1. The molecule has 0 fully saturated rings. The van der Waals surface area contributed by atoms with E-state index in [4.69, 9.17) is 15.2 Å². The van der Waals surface area contributed by atoms with Crippen LogP contribution in [-0.2, 0) is 22.4 Å². The molecule has 0 radical (unpaired) electrons. The normalized spacial score (nSPS) is 17.7. The number of anilines is 1. The minimum absolute atomic E-state index is 0. The van der Waals surface area contributed by atoms with Gasteiger partial charge in [-0.1, -0.05) is 0 Å². The van der Waals surface area contributed by atoms with Crippen molar-refractivity contribution in [2.45, 2.75) is 24.7 Å². The number of carbonyl (C=O) groups is 2. The van der Waals surface area contributed by atoms with Gasteiger partial charge in [-0.25, -0.2) is 0 Å². The van der Waals surface area contributed by atoms with Crippen LogP contribution in [-0.4, -0.2) is 24.3 Å². The van der Waals surface area contributed by atoms with Gasteiger partial charge in [0.1, 0.15) is 11.9 Å². The van der Waals surface area contributed by atoms with Gasteiger partial charge in [0, 0.05) is 13.2 Å². The average Bonchev–Trinajstić information content (AvgIpc) is 3.05. The zero-order valence-electron chi connectivity index (χ0n) is 16.8. The van der Waals surface area contributed by atoms with Crippen molar-refractivity contribution >= 4 is 62.8 Å². The molecule has 31 heavy (non-hydrogen) atoms. The number of hydrogen-bond donors (Lipinski definition) is 2. The van der Waals surface area contributed by atoms with Crippen molar-refractivity contribution in [1.82, 2.24) is 5.32 Å². The molecule has 2 aliphatic heterocycles. The minimum Gasteiger partial charge on any atom is -0.542 e. The van der Waals surface area contributed by atoms with E-state index in [9.17, 15) is 19.8 Å². The van der Waals surface area contributed by atoms with Crippen LogP contribution < -0.4 is 134 Å². The molecular weight excluding hydrogens is 684 g/mol. The summed E-state index contributed by atoms with van der Waals surface area (Å²) >= 11 is 4.40. The standard InChI is InChI=1S/C19H16I2N2O6.2K/c20-11-3-8(4-12(21)16(11)22)5-13-10-7-15-14(6-9(10)1-2-23-13)28-19(29-15,17(24)25)18(26)27;;/h3-4,6-7,13,23H,1-2,5,22H2,(H,24,25)(H,26,27);;/q;2*+1/p-2. The summed E-state index contributed by atoms with van der Waals surface area (Å²) in [4.78, 5) is 22.7. The number of fused-ring (bicyclic) bond motifs is 2. The van der Waals surface area contributed by atoms with E-state index in [1.807, 2.05) is 12.1 Å². The van der Waals surface area contributed by atoms with Gasteiger partial charge in [0.15, 0.2) is 11.5 Å². The SMILES string of the molecule is Nc1c(I)cc(CC2NCCc3cc4c(cc32)OC(C(=O)[O-])(C(=O)[O-])O4)cc1I.[K+].[K+]. The van der Waals surface area contributed by atoms with Gasteiger partial charge in [-0.15, -0.1) is 0 Å². The second kappa shape index (κ2) is 11.5. The monoisotopic (exact) mass is 698 g/mol. The Morgan fingerprint density at radius 2 is 1.61 bits per heavy atom. The summed E-state index contributed by atoms with van der Waals surface area (Å²) in [6, 6.07) is 7.24. The van der Waals surface area contributed by atoms with Crippen LogP contribution in [0.5, 0.6) is 11.5 Å². The topological polar surface area (TPSA) is 137 Å². The first-order valence-electron chi connectivity index (χ1n) is 8.66. The van der Waals surface area contributed by atoms with Crippen LogP contribution in [0.3, 0.4) is 0 Å². The number of aliphatic carboxylic acids is 2. The van der Waals surface area contributed by atoms with Crippen molar-refractivity contribution in [2.24, 2.45) is 0 Å². The molecule has 0 saturated heterocycles. The van der Waals surface area contributed by atoms with Crippen molar-refractivity contribution < 1.29 is 132 Å². The summed E-state index contributed by atoms with van der Waals surface area (Å²) in [5.74, 6) is -6.93. The van der Waals surface area contributed by atoms with Crippen molar-refractivity contribution in [3.8, 4) is 11.5 Å². The molecule has 8 nitrogen and oxygen atoms in total. The first kappa shape index (κ1) is 28.7. The zero-order valence-corrected chi connectivity index (χ0v) is 27.4. The molecule has 2 heterocycles. The Hall–Kier alpha value is 1.47. The van der Waals surface area contributed by atoms with Gasteiger partial charge in [0.2, 0.25) is 0 Å². The summed E-state index contributed by atoms with van der Waals surface area (Å²) in [5, 5.41) is 26.1. The maximum absolute atomic E-state index is 11.3. The van der Waals surface area contributed by atoms with E-state index in [-0.39, 0.29) is 120 Å². The Kier molecular flexibility index (Phi) is 10.6. The van der Waals surface area contributed by atoms with Crippen molar-refractivity contribution in [1.29, 1.82) is 0 Å². The van der Waals surface area contributed by atoms with E-state index in [2.05, 4.69) is 50.5 Å². The van der Waals surface area contributed by atoms with Crippen LogP contribution >= 0.6 is 45.2 Å². The molecule has 2 aromatic carbocycles. The Labute approximate surface area is 290 Å². The molecule has 1 atom stereocenters. The summed E-state index contributed by atoms with van der Waals surface area (Å²) in [5.41, 5.74) is 9.70. The number of rotatable bonds is 4. The number of nitrogen functional groups attached to an aromatic ring is 1. The fourth-order valence-corrected chi connectivity index (χ4v) is 5.46. The summed E-state index contributed by atoms with van der Waals surface area (Å²) < 4.78 is 12.2. The third-order valence-corrected chi connectivity index (χ3v) is 6.77. The smallest absolute Gasteiger partial charge is 0.542 e. The van der Waals surface area contributed by atoms with Crippen LogP contribution in [0.2, 0.25) is 0 Å². The van der Waals surface area contributed by atoms with Crippen LogP contribution in [0.4, 0.5) is 5.69 Å². The maximum Gasteiger partial charge on any atom is 1.00 e. The second-order valence-corrected chi connectivity index (χ2v) is 9.15. The van der Waals surface area contributed by atoms with E-state index < -0.39 is 17.7 Å². The fourth-order valence-electron chi connectivity index (χ4n) is 3.56. The number of halogens is 2. The summed E-state index contributed by atoms with van der Waals surface area (Å²) in [6.45, 7) is 0.715. The third-order valence-electron chi connectivity index (χ3n) is 4.99. The van der Waals surface area contributed by atoms with Gasteiger partial charge in [-0.05, 0) is 106 Å². The number of carbonyl (C=O) groups excluding carboxylic acids is 2. The molecule has 0 saturated carbocycles. The van der Waals surface area contributed by atoms with E-state index in [0.29, 0.717) is 19.4 Å². The molecule has 3 N–H and O–H groups in total. The van der Waals surface area contributed by atoms with Crippen LogP contribution in [0.15, 0.2) is 24.3 Å². The number of carboxylic acids is 2. The number of hydrogen-bond acceptors (Lipinski definition) is 8. The molecular formula is C19H14I2K2N2O6. The number of ether oxygens (including phenoxy) is 2. The Bertz CT molecular complexity index is 1020. The largest absolute Gasteiger partial charge is 1.00 e. The van der Waals surface area contributed by atoms with Gasteiger partial charge in [0.25, 0.3) is 0 Å². The molecule has 2 aromatic rings. The van der Waals surface area contributed by atoms with E-state index in [1.54, 1.807) is 12.1 Å². The van der Waals surface area contributed by atoms with E-state index >= 15 is 0 Å². The Morgan fingerprint density at radius 3 is 2.16 bits per heavy atom. The van der Waals surface area contributed by atoms with Crippen molar-refractivity contribution in [2.75, 3.05) is 12.3 Å². The molecule has 0 amide bonds. The molecule has 0 aliphatic carbocycles. The van der Waals surface area contributed by atoms with Gasteiger partial charge in [-0.3, -0.25) is 0 Å². The van der Waals surface area contributed by atoms with E-state index in [1.165, 1.54) is 0 Å². The van der Waals surface area contributed by atoms with Gasteiger partial charge < -0.3 is 40.3 Å². The van der Waals surface area contributed by atoms with Gasteiger partial charge >= 0.3 is 109 Å². The minimum atomic E-state index is -2.97. The van der Waals surface area contributed by atoms with E-state index in [0.717, 1.165) is 29.5 Å². The van der Waals surface area contributed by atoms with Crippen LogP contribution in [0.25, 0.3) is 0 Å². The summed E-state index contributed by atoms with van der Waals surface area (Å²) in [7, 11) is 0. The molecule has 2 aliphatic rings. The summed E-state index contributed by atoms with van der Waals surface area (Å²) in [6.07, 6.45) is 1.36. The molecule has 4 rings (SSSR count). The maximum atomic E-state index is 11.3. The Morgan fingerprint density at radius 1 is 1.06 bits per heavy atom. The van der Waals surface area contributed by atoms with Gasteiger partial charge in [-0.2, -0.15) is 0 Å². The number of nitrogens with one attached hydrogen (secondary N) is 1. The average molecular weight is 698 g/mol. The number of carboxylic acid groups (broad SMARTS) is 2. The van der Waals surface area contributed by atoms with Crippen molar-refractivity contribution in [3.63, 3.8) is 0 Å². The quantitative estimate of drug-likeness (QED) is 0.140. The fraction of sp³-hybridized carbons (Fsp3) is 0.263. The predicted molar refractivity (Wildman–Crippen MR) is 115 cm³/mol. The Balaban J connectivity index is 0.00000171.